The highest BCUT2D eigenvalue weighted by molar-refractivity contribution is 6.14. The number of hydrogen-bond acceptors (Lipinski definition) is 4. The van der Waals surface area contributed by atoms with Crippen molar-refractivity contribution in [1.82, 2.24) is 4.90 Å². The molecule has 0 N–H and O–H groups in total. The fraction of sp³-hybridized carbons (Fsp3) is 0.750. The Morgan fingerprint density at radius 2 is 1.82 bits per heavy atom. The second kappa shape index (κ2) is 9.81. The van der Waals surface area contributed by atoms with Crippen molar-refractivity contribution in [1.29, 1.82) is 0 Å². The number of likely N-dealkylation sites (N-methyl/N-ethyl adjacent to an activating group) is 1. The molecule has 1 aliphatic rings. The van der Waals surface area contributed by atoms with E-state index in [0.29, 0.717) is 5.84 Å². The Balaban J connectivity index is 0. The van der Waals surface area contributed by atoms with Crippen LogP contribution in [-0.2, 0) is 14.3 Å². The van der Waals surface area contributed by atoms with Crippen LogP contribution in [0.5, 0.6) is 0 Å². The van der Waals surface area contributed by atoms with Crippen LogP contribution in [0.3, 0.4) is 0 Å². The first-order chi connectivity index (χ1) is 8.07. The van der Waals surface area contributed by atoms with E-state index >= 15 is 0 Å². The van der Waals surface area contributed by atoms with Gasteiger partial charge in [-0.25, -0.2) is 9.79 Å². The molecule has 0 aromatic heterocycles. The summed E-state index contributed by atoms with van der Waals surface area (Å²) < 4.78 is 4.70. The van der Waals surface area contributed by atoms with Gasteiger partial charge in [0.15, 0.2) is 0 Å². The summed E-state index contributed by atoms with van der Waals surface area (Å²) in [5.41, 5.74) is 0. The lowest BCUT2D eigenvalue weighted by Gasteiger charge is -2.09. The molecule has 100 valence electrons. The number of nitrogens with zero attached hydrogens (tertiary/aromatic N) is 2. The largest absolute Gasteiger partial charge is 0.464 e. The highest BCUT2D eigenvalue weighted by Gasteiger charge is 2.36. The summed E-state index contributed by atoms with van der Waals surface area (Å²) in [6, 6.07) is -0.982. The molecule has 1 atom stereocenters. The normalized spacial score (nSPS) is 17.4. The third-order valence-electron chi connectivity index (χ3n) is 1.88. The molecule has 0 radical (unpaired) electrons. The summed E-state index contributed by atoms with van der Waals surface area (Å²) in [4.78, 5) is 27.7. The number of amides is 1. The van der Waals surface area contributed by atoms with Crippen LogP contribution in [0, 0.1) is 0 Å². The Kier molecular flexibility index (Phi) is 10.4. The molecule has 17 heavy (non-hydrogen) atoms. The fourth-order valence-corrected chi connectivity index (χ4v) is 1.05. The van der Waals surface area contributed by atoms with Gasteiger partial charge >= 0.3 is 5.97 Å². The Morgan fingerprint density at radius 1 is 1.35 bits per heavy atom. The summed E-state index contributed by atoms with van der Waals surface area (Å²) in [5, 5.41) is 0. The number of ether oxygens (including phenoxy) is 1. The van der Waals surface area contributed by atoms with Crippen LogP contribution in [0.1, 0.15) is 41.5 Å². The molecule has 1 unspecified atom stereocenters. The topological polar surface area (TPSA) is 59.0 Å². The van der Waals surface area contributed by atoms with Crippen LogP contribution in [0.4, 0.5) is 0 Å². The summed E-state index contributed by atoms with van der Waals surface area (Å²) in [5.74, 6) is -0.352. The van der Waals surface area contributed by atoms with Crippen LogP contribution in [0.25, 0.3) is 0 Å². The van der Waals surface area contributed by atoms with Crippen molar-refractivity contribution in [2.24, 2.45) is 4.99 Å². The maximum absolute atomic E-state index is 11.3. The van der Waals surface area contributed by atoms with Crippen molar-refractivity contribution in [2.45, 2.75) is 47.6 Å². The minimum absolute atomic E-state index is 0.265. The molecule has 0 aromatic carbocycles. The first-order valence-electron chi connectivity index (χ1n) is 6.06. The van der Waals surface area contributed by atoms with Crippen LogP contribution in [-0.4, -0.2) is 42.3 Å². The van der Waals surface area contributed by atoms with E-state index in [4.69, 9.17) is 4.74 Å². The van der Waals surface area contributed by atoms with Crippen molar-refractivity contribution < 1.29 is 14.3 Å². The van der Waals surface area contributed by atoms with E-state index in [2.05, 4.69) is 4.99 Å². The summed E-state index contributed by atoms with van der Waals surface area (Å²) in [6.45, 7) is 11.6. The molecule has 0 bridgehead atoms. The standard InChI is InChI=1S/C8H12N2O3.2C2H6/c1-4-13-8(12)6-7(11)10(3)5(2)9-6;2*1-2/h6H,4H2,1-3H3;2*1-2H3. The van der Waals surface area contributed by atoms with Gasteiger partial charge in [0.1, 0.15) is 5.84 Å². The van der Waals surface area contributed by atoms with Crippen LogP contribution >= 0.6 is 0 Å². The monoisotopic (exact) mass is 244 g/mol. The average Bonchev–Trinajstić information content (AvgIpc) is 2.62. The van der Waals surface area contributed by atoms with E-state index in [0.717, 1.165) is 0 Å². The van der Waals surface area contributed by atoms with Gasteiger partial charge in [0.25, 0.3) is 5.91 Å². The molecule has 1 aliphatic heterocycles. The lowest BCUT2D eigenvalue weighted by molar-refractivity contribution is -0.148. The summed E-state index contributed by atoms with van der Waals surface area (Å²) >= 11 is 0. The highest BCUT2D eigenvalue weighted by atomic mass is 16.5. The molecule has 0 spiro atoms. The van der Waals surface area contributed by atoms with E-state index in [-0.39, 0.29) is 12.5 Å². The number of rotatable bonds is 2. The third kappa shape index (κ3) is 4.97. The highest BCUT2D eigenvalue weighted by Crippen LogP contribution is 2.10. The van der Waals surface area contributed by atoms with Gasteiger partial charge in [0, 0.05) is 7.05 Å². The van der Waals surface area contributed by atoms with E-state index in [9.17, 15) is 9.59 Å². The lowest BCUT2D eigenvalue weighted by Crippen LogP contribution is -2.35. The maximum atomic E-state index is 11.3. The van der Waals surface area contributed by atoms with E-state index in [1.54, 1.807) is 20.9 Å². The molecule has 1 rings (SSSR count). The van der Waals surface area contributed by atoms with E-state index in [1.165, 1.54) is 4.90 Å². The van der Waals surface area contributed by atoms with Gasteiger partial charge < -0.3 is 9.64 Å². The molecule has 1 amide bonds. The van der Waals surface area contributed by atoms with E-state index in [1.807, 2.05) is 27.7 Å². The van der Waals surface area contributed by atoms with Gasteiger partial charge in [-0.15, -0.1) is 0 Å². The molecular formula is C12H24N2O3. The first-order valence-corrected chi connectivity index (χ1v) is 6.06. The van der Waals surface area contributed by atoms with Crippen molar-refractivity contribution >= 4 is 17.7 Å². The predicted octanol–water partition coefficient (Wildman–Crippen LogP) is 1.86. The maximum Gasteiger partial charge on any atom is 0.340 e. The van der Waals surface area contributed by atoms with Crippen molar-refractivity contribution in [3.8, 4) is 0 Å². The van der Waals surface area contributed by atoms with E-state index < -0.39 is 12.0 Å². The van der Waals surface area contributed by atoms with Gasteiger partial charge in [0.05, 0.1) is 6.61 Å². The summed E-state index contributed by atoms with van der Waals surface area (Å²) in [7, 11) is 1.58. The number of esters is 1. The van der Waals surface area contributed by atoms with Gasteiger partial charge in [-0.1, -0.05) is 27.7 Å². The lowest BCUT2D eigenvalue weighted by atomic mass is 10.3. The first kappa shape index (κ1) is 18.0. The number of carbonyl (C=O) groups excluding carboxylic acids is 2. The molecule has 0 aromatic rings. The van der Waals surface area contributed by atoms with Crippen molar-refractivity contribution in [2.75, 3.05) is 13.7 Å². The molecule has 0 saturated carbocycles. The minimum Gasteiger partial charge on any atom is -0.464 e. The van der Waals surface area contributed by atoms with Gasteiger partial charge in [-0.05, 0) is 13.8 Å². The molecule has 5 nitrogen and oxygen atoms in total. The molecular weight excluding hydrogens is 220 g/mol. The Bertz CT molecular complexity index is 275. The minimum atomic E-state index is -0.982. The molecule has 1 heterocycles. The fourth-order valence-electron chi connectivity index (χ4n) is 1.05. The zero-order valence-electron chi connectivity index (χ0n) is 11.9. The van der Waals surface area contributed by atoms with Crippen LogP contribution in [0.15, 0.2) is 4.99 Å². The van der Waals surface area contributed by atoms with Crippen molar-refractivity contribution in [3.05, 3.63) is 0 Å². The van der Waals surface area contributed by atoms with Gasteiger partial charge in [-0.2, -0.15) is 0 Å². The van der Waals surface area contributed by atoms with Gasteiger partial charge in [0.2, 0.25) is 6.04 Å². The van der Waals surface area contributed by atoms with Crippen LogP contribution < -0.4 is 0 Å². The quantitative estimate of drug-likeness (QED) is 0.550. The number of hydrogen-bond donors (Lipinski definition) is 0. The zero-order chi connectivity index (χ0) is 14.0. The molecule has 0 aliphatic carbocycles. The third-order valence-corrected chi connectivity index (χ3v) is 1.88. The van der Waals surface area contributed by atoms with Crippen LogP contribution in [0.2, 0.25) is 0 Å². The second-order valence-electron chi connectivity index (χ2n) is 2.73. The average molecular weight is 244 g/mol. The molecule has 0 saturated heterocycles. The zero-order valence-corrected chi connectivity index (χ0v) is 11.9. The number of carbonyl (C=O) groups is 2. The number of aliphatic imine (C=N–C) groups is 1. The smallest absolute Gasteiger partial charge is 0.340 e. The second-order valence-corrected chi connectivity index (χ2v) is 2.73. The van der Waals surface area contributed by atoms with Crippen molar-refractivity contribution in [3.63, 3.8) is 0 Å². The Labute approximate surface area is 104 Å². The Hall–Kier alpha value is -1.39. The Morgan fingerprint density at radius 3 is 2.12 bits per heavy atom. The van der Waals surface area contributed by atoms with Gasteiger partial charge in [-0.3, -0.25) is 4.79 Å². The SMILES string of the molecule is CC.CC.CCOC(=O)C1N=C(C)N(C)C1=O. The predicted molar refractivity (Wildman–Crippen MR) is 69.0 cm³/mol. The summed E-state index contributed by atoms with van der Waals surface area (Å²) in [6.07, 6.45) is 0. The molecule has 0 fully saturated rings. The molecule has 5 heteroatoms. The number of amidine groups is 1.